The molecule has 0 radical (unpaired) electrons. The number of carbonyl (C=O) groups excluding carboxylic acids is 2. The number of hydrogen-bond donors (Lipinski definition) is 2. The number of alkyl halides is 1. The molecular formula is C11H17ClN4O2. The van der Waals surface area contributed by atoms with Gasteiger partial charge >= 0.3 is 0 Å². The van der Waals surface area contributed by atoms with Crippen LogP contribution in [-0.4, -0.2) is 42.2 Å². The lowest BCUT2D eigenvalue weighted by molar-refractivity contribution is -0.126. The summed E-state index contributed by atoms with van der Waals surface area (Å²) in [5.41, 5.74) is 5.21. The molecule has 0 saturated heterocycles. The van der Waals surface area contributed by atoms with Gasteiger partial charge in [0, 0.05) is 38.6 Å². The molecule has 0 rings (SSSR count). The zero-order chi connectivity index (χ0) is 14.0. The predicted octanol–water partition coefficient (Wildman–Crippen LogP) is -0.0538. The maximum absolute atomic E-state index is 11.6. The number of rotatable bonds is 7. The number of carbonyl (C=O) groups is 2. The molecular weight excluding hydrogens is 256 g/mol. The summed E-state index contributed by atoms with van der Waals surface area (Å²) >= 11 is 5.47. The molecule has 0 aliphatic heterocycles. The van der Waals surface area contributed by atoms with E-state index >= 15 is 0 Å². The topological polar surface area (TPSA) is 99.2 Å². The van der Waals surface area contributed by atoms with Gasteiger partial charge in [-0.1, -0.05) is 0 Å². The lowest BCUT2D eigenvalue weighted by Crippen LogP contribution is -2.32. The quantitative estimate of drug-likeness (QED) is 0.294. The van der Waals surface area contributed by atoms with Crippen LogP contribution in [0, 0.1) is 11.3 Å². The molecule has 18 heavy (non-hydrogen) atoms. The van der Waals surface area contributed by atoms with E-state index in [0.29, 0.717) is 18.8 Å². The average molecular weight is 273 g/mol. The van der Waals surface area contributed by atoms with E-state index in [-0.39, 0.29) is 24.6 Å². The molecule has 0 spiro atoms. The monoisotopic (exact) mass is 272 g/mol. The maximum atomic E-state index is 11.6. The van der Waals surface area contributed by atoms with Crippen molar-refractivity contribution >= 4 is 23.4 Å². The van der Waals surface area contributed by atoms with Gasteiger partial charge in [0.1, 0.15) is 11.6 Å². The van der Waals surface area contributed by atoms with E-state index in [4.69, 9.17) is 22.6 Å². The van der Waals surface area contributed by atoms with E-state index in [1.165, 1.54) is 18.0 Å². The van der Waals surface area contributed by atoms with E-state index < -0.39 is 5.91 Å². The molecule has 0 aliphatic carbocycles. The Balaban J connectivity index is 4.67. The fraction of sp³-hybridized carbons (Fsp3) is 0.545. The molecule has 0 fully saturated rings. The number of hydrogen-bond acceptors (Lipinski definition) is 4. The van der Waals surface area contributed by atoms with E-state index in [1.807, 2.05) is 0 Å². The number of nitriles is 1. The van der Waals surface area contributed by atoms with Crippen LogP contribution in [0.2, 0.25) is 0 Å². The first-order chi connectivity index (χ1) is 8.56. The second kappa shape index (κ2) is 9.45. The summed E-state index contributed by atoms with van der Waals surface area (Å²) in [7, 11) is 0. The molecule has 0 aromatic rings. The van der Waals surface area contributed by atoms with Crippen molar-refractivity contribution in [2.75, 3.05) is 25.5 Å². The van der Waals surface area contributed by atoms with Gasteiger partial charge in [-0.3, -0.25) is 9.59 Å². The normalized spacial score (nSPS) is 10.7. The van der Waals surface area contributed by atoms with Crippen LogP contribution in [-0.2, 0) is 9.59 Å². The summed E-state index contributed by atoms with van der Waals surface area (Å²) in [5, 5.41) is 11.4. The minimum absolute atomic E-state index is 0.131. The van der Waals surface area contributed by atoms with Crippen molar-refractivity contribution in [1.82, 2.24) is 10.2 Å². The summed E-state index contributed by atoms with van der Waals surface area (Å²) in [6.07, 6.45) is 1.83. The van der Waals surface area contributed by atoms with Gasteiger partial charge in [-0.15, -0.1) is 11.6 Å². The van der Waals surface area contributed by atoms with Gasteiger partial charge in [0.25, 0.3) is 5.91 Å². The first kappa shape index (κ1) is 16.4. The Morgan fingerprint density at radius 1 is 1.56 bits per heavy atom. The average Bonchev–Trinajstić information content (AvgIpc) is 2.34. The van der Waals surface area contributed by atoms with Gasteiger partial charge in [0.05, 0.1) is 0 Å². The van der Waals surface area contributed by atoms with Crippen LogP contribution in [0.5, 0.6) is 0 Å². The van der Waals surface area contributed by atoms with Crippen LogP contribution >= 0.6 is 11.6 Å². The number of nitrogens with two attached hydrogens (primary N) is 1. The third-order valence-corrected chi connectivity index (χ3v) is 2.29. The molecule has 0 aromatic heterocycles. The largest absolute Gasteiger partial charge is 0.351 e. The van der Waals surface area contributed by atoms with Crippen LogP contribution in [0.25, 0.3) is 0 Å². The molecule has 6 nitrogen and oxygen atoms in total. The van der Waals surface area contributed by atoms with Gasteiger partial charge in [-0.25, -0.2) is 0 Å². The van der Waals surface area contributed by atoms with E-state index in [9.17, 15) is 9.59 Å². The summed E-state index contributed by atoms with van der Waals surface area (Å²) in [6.45, 7) is 2.24. The Kier molecular flexibility index (Phi) is 8.62. The second-order valence-corrected chi connectivity index (χ2v) is 3.83. The highest BCUT2D eigenvalue weighted by atomic mass is 35.5. The van der Waals surface area contributed by atoms with Crippen molar-refractivity contribution in [3.05, 3.63) is 11.8 Å². The zero-order valence-electron chi connectivity index (χ0n) is 10.3. The maximum Gasteiger partial charge on any atom is 0.263 e. The molecule has 0 saturated carbocycles. The van der Waals surface area contributed by atoms with Gasteiger partial charge in [0.15, 0.2) is 0 Å². The van der Waals surface area contributed by atoms with Gasteiger partial charge in [-0.2, -0.15) is 5.26 Å². The Hall–Kier alpha value is -1.58. The number of nitrogens with one attached hydrogen (secondary N) is 1. The second-order valence-electron chi connectivity index (χ2n) is 3.45. The molecule has 0 aliphatic rings. The molecule has 0 heterocycles. The predicted molar refractivity (Wildman–Crippen MR) is 68.5 cm³/mol. The highest BCUT2D eigenvalue weighted by Crippen LogP contribution is 1.99. The van der Waals surface area contributed by atoms with Gasteiger partial charge in [0.2, 0.25) is 5.91 Å². The molecule has 0 unspecified atom stereocenters. The van der Waals surface area contributed by atoms with Gasteiger partial charge in [-0.05, 0) is 6.42 Å². The molecule has 0 atom stereocenters. The van der Waals surface area contributed by atoms with Crippen molar-refractivity contribution < 1.29 is 9.59 Å². The molecule has 7 heteroatoms. The number of amides is 2. The van der Waals surface area contributed by atoms with Crippen molar-refractivity contribution in [3.63, 3.8) is 0 Å². The van der Waals surface area contributed by atoms with E-state index in [0.717, 1.165) is 0 Å². The zero-order valence-corrected chi connectivity index (χ0v) is 11.0. The van der Waals surface area contributed by atoms with Gasteiger partial charge < -0.3 is 16.0 Å². The van der Waals surface area contributed by atoms with Crippen molar-refractivity contribution in [3.8, 4) is 6.07 Å². The number of halogens is 1. The lowest BCUT2D eigenvalue weighted by atomic mass is 10.2. The molecule has 2 amide bonds. The van der Waals surface area contributed by atoms with Crippen LogP contribution in [0.3, 0.4) is 0 Å². The highest BCUT2D eigenvalue weighted by Gasteiger charge is 2.12. The minimum atomic E-state index is -0.522. The smallest absolute Gasteiger partial charge is 0.263 e. The summed E-state index contributed by atoms with van der Waals surface area (Å²) < 4.78 is 0. The molecule has 0 bridgehead atoms. The van der Waals surface area contributed by atoms with Crippen LogP contribution < -0.4 is 11.1 Å². The van der Waals surface area contributed by atoms with Crippen LogP contribution in [0.1, 0.15) is 13.3 Å². The number of nitrogens with zero attached hydrogens (tertiary/aromatic N) is 2. The van der Waals surface area contributed by atoms with Crippen molar-refractivity contribution in [1.29, 1.82) is 5.26 Å². The molecule has 3 N–H and O–H groups in total. The Bertz CT molecular complexity index is 363. The van der Waals surface area contributed by atoms with Crippen LogP contribution in [0.4, 0.5) is 0 Å². The minimum Gasteiger partial charge on any atom is -0.351 e. The Morgan fingerprint density at radius 2 is 2.22 bits per heavy atom. The van der Waals surface area contributed by atoms with Crippen molar-refractivity contribution in [2.24, 2.45) is 5.73 Å². The van der Waals surface area contributed by atoms with E-state index in [2.05, 4.69) is 5.32 Å². The lowest BCUT2D eigenvalue weighted by Gasteiger charge is -2.15. The van der Waals surface area contributed by atoms with Crippen molar-refractivity contribution in [2.45, 2.75) is 13.3 Å². The molecule has 0 aromatic carbocycles. The highest BCUT2D eigenvalue weighted by molar-refractivity contribution is 6.17. The summed E-state index contributed by atoms with van der Waals surface area (Å²) in [5.74, 6) is -0.369. The Labute approximate surface area is 111 Å². The first-order valence-corrected chi connectivity index (χ1v) is 6.03. The van der Waals surface area contributed by atoms with Crippen LogP contribution in [0.15, 0.2) is 11.8 Å². The fourth-order valence-electron chi connectivity index (χ4n) is 1.11. The van der Waals surface area contributed by atoms with E-state index in [1.54, 1.807) is 6.07 Å². The summed E-state index contributed by atoms with van der Waals surface area (Å²) in [4.78, 5) is 24.1. The third kappa shape index (κ3) is 6.23. The summed E-state index contributed by atoms with van der Waals surface area (Å²) in [6, 6.07) is 1.75. The third-order valence-electron chi connectivity index (χ3n) is 2.02. The fourth-order valence-corrected chi connectivity index (χ4v) is 1.24. The SMILES string of the molecule is CC(=O)N(/C=C(/C#N)C(=O)NCCCCl)CCN. The molecule has 100 valence electrons. The Morgan fingerprint density at radius 3 is 2.67 bits per heavy atom. The standard InChI is InChI=1S/C11H17ClN4O2/c1-9(17)16(6-4-13)8-10(7-14)11(18)15-5-2-3-12/h8H,2-6,13H2,1H3,(H,15,18)/b10-8-. The first-order valence-electron chi connectivity index (χ1n) is 5.50.